The monoisotopic (exact) mass is 194 g/mol. The molecule has 0 saturated carbocycles. The van der Waals surface area contributed by atoms with E-state index in [-0.39, 0.29) is 17.8 Å². The van der Waals surface area contributed by atoms with Crippen molar-refractivity contribution < 1.29 is 13.6 Å². The Balaban J connectivity index is 2.89. The topological polar surface area (TPSA) is 17.1 Å². The first kappa shape index (κ1) is 10.4. The van der Waals surface area contributed by atoms with Crippen LogP contribution in [0.3, 0.4) is 0 Å². The Morgan fingerprint density at radius 2 is 2.07 bits per heavy atom. The van der Waals surface area contributed by atoms with E-state index in [2.05, 4.69) is 11.8 Å². The molecular formula is C11H8F2O. The summed E-state index contributed by atoms with van der Waals surface area (Å²) in [7, 11) is 0. The highest BCUT2D eigenvalue weighted by Gasteiger charge is 2.07. The van der Waals surface area contributed by atoms with E-state index in [1.165, 1.54) is 6.07 Å². The van der Waals surface area contributed by atoms with Gasteiger partial charge in [-0.15, -0.1) is 5.92 Å². The molecule has 0 aliphatic rings. The van der Waals surface area contributed by atoms with E-state index in [1.807, 2.05) is 0 Å². The highest BCUT2D eigenvalue weighted by atomic mass is 19.2. The van der Waals surface area contributed by atoms with E-state index < -0.39 is 11.6 Å². The van der Waals surface area contributed by atoms with Gasteiger partial charge in [0.25, 0.3) is 0 Å². The zero-order chi connectivity index (χ0) is 10.6. The lowest BCUT2D eigenvalue weighted by Crippen LogP contribution is -1.99. The van der Waals surface area contributed by atoms with Crippen molar-refractivity contribution in [2.75, 3.05) is 0 Å². The highest BCUT2D eigenvalue weighted by Crippen LogP contribution is 2.10. The molecule has 14 heavy (non-hydrogen) atoms. The molecule has 0 unspecified atom stereocenters. The quantitative estimate of drug-likeness (QED) is 0.522. The van der Waals surface area contributed by atoms with Crippen LogP contribution in [-0.2, 0) is 0 Å². The van der Waals surface area contributed by atoms with Crippen LogP contribution in [0.1, 0.15) is 23.7 Å². The molecule has 1 aromatic rings. The van der Waals surface area contributed by atoms with Gasteiger partial charge in [-0.25, -0.2) is 8.78 Å². The average Bonchev–Trinajstić information content (AvgIpc) is 2.18. The van der Waals surface area contributed by atoms with Crippen LogP contribution in [-0.4, -0.2) is 5.78 Å². The summed E-state index contributed by atoms with van der Waals surface area (Å²) < 4.78 is 25.2. The molecule has 3 heteroatoms. The maximum absolute atomic E-state index is 12.7. The van der Waals surface area contributed by atoms with Crippen molar-refractivity contribution in [1.29, 1.82) is 0 Å². The fourth-order valence-electron chi connectivity index (χ4n) is 0.940. The molecule has 1 aromatic carbocycles. The second-order valence-electron chi connectivity index (χ2n) is 2.66. The van der Waals surface area contributed by atoms with Gasteiger partial charge in [0, 0.05) is 5.56 Å². The van der Waals surface area contributed by atoms with E-state index in [9.17, 15) is 13.6 Å². The Bertz CT molecular complexity index is 413. The summed E-state index contributed by atoms with van der Waals surface area (Å²) in [4.78, 5) is 11.3. The first-order valence-corrected chi connectivity index (χ1v) is 4.03. The summed E-state index contributed by atoms with van der Waals surface area (Å²) >= 11 is 0. The van der Waals surface area contributed by atoms with Gasteiger partial charge in [-0.1, -0.05) is 5.92 Å². The normalized spacial score (nSPS) is 9.07. The number of benzene rings is 1. The van der Waals surface area contributed by atoms with Crippen molar-refractivity contribution in [1.82, 2.24) is 0 Å². The molecule has 0 aromatic heterocycles. The van der Waals surface area contributed by atoms with Gasteiger partial charge in [-0.05, 0) is 25.1 Å². The summed E-state index contributed by atoms with van der Waals surface area (Å²) in [5.74, 6) is 2.84. The molecule has 0 amide bonds. The molecule has 0 aliphatic heterocycles. The number of carbonyl (C=O) groups excluding carboxylic acids is 1. The molecule has 0 radical (unpaired) electrons. The summed E-state index contributed by atoms with van der Waals surface area (Å²) in [6.45, 7) is 1.61. The van der Waals surface area contributed by atoms with Crippen molar-refractivity contribution in [2.24, 2.45) is 0 Å². The van der Waals surface area contributed by atoms with Crippen LogP contribution in [0.25, 0.3) is 0 Å². The summed E-state index contributed by atoms with van der Waals surface area (Å²) in [6, 6.07) is 3.06. The van der Waals surface area contributed by atoms with Crippen LogP contribution >= 0.6 is 0 Å². The van der Waals surface area contributed by atoms with Gasteiger partial charge in [0.2, 0.25) is 0 Å². The Morgan fingerprint density at radius 3 is 2.64 bits per heavy atom. The Hall–Kier alpha value is -1.69. The first-order valence-electron chi connectivity index (χ1n) is 4.03. The predicted octanol–water partition coefficient (Wildman–Crippen LogP) is 2.56. The minimum absolute atomic E-state index is 0.0293. The lowest BCUT2D eigenvalue weighted by atomic mass is 10.1. The van der Waals surface area contributed by atoms with Gasteiger partial charge in [0.05, 0.1) is 6.42 Å². The number of hydrogen-bond acceptors (Lipinski definition) is 1. The average molecular weight is 194 g/mol. The summed E-state index contributed by atoms with van der Waals surface area (Å²) in [5.41, 5.74) is 0.145. The summed E-state index contributed by atoms with van der Waals surface area (Å²) in [6.07, 6.45) is 0.0293. The molecule has 1 rings (SSSR count). The third-order valence-electron chi connectivity index (χ3n) is 1.67. The minimum atomic E-state index is -1.01. The van der Waals surface area contributed by atoms with E-state index in [0.717, 1.165) is 12.1 Å². The van der Waals surface area contributed by atoms with E-state index >= 15 is 0 Å². The standard InChI is InChI=1S/C11H8F2O/c1-2-3-4-11(14)8-5-6-9(12)10(13)7-8/h5-7H,4H2,1H3. The van der Waals surface area contributed by atoms with Crippen molar-refractivity contribution in [2.45, 2.75) is 13.3 Å². The van der Waals surface area contributed by atoms with Gasteiger partial charge < -0.3 is 0 Å². The lowest BCUT2D eigenvalue weighted by Gasteiger charge is -1.97. The molecule has 0 heterocycles. The highest BCUT2D eigenvalue weighted by molar-refractivity contribution is 5.97. The molecule has 0 bridgehead atoms. The Kier molecular flexibility index (Phi) is 3.35. The van der Waals surface area contributed by atoms with Gasteiger partial charge in [0.15, 0.2) is 17.4 Å². The summed E-state index contributed by atoms with van der Waals surface area (Å²) in [5, 5.41) is 0. The van der Waals surface area contributed by atoms with Crippen molar-refractivity contribution in [3.05, 3.63) is 35.4 Å². The zero-order valence-corrected chi connectivity index (χ0v) is 7.60. The fraction of sp³-hybridized carbons (Fsp3) is 0.182. The number of carbonyl (C=O) groups is 1. The zero-order valence-electron chi connectivity index (χ0n) is 7.60. The van der Waals surface area contributed by atoms with Crippen LogP contribution in [0.5, 0.6) is 0 Å². The van der Waals surface area contributed by atoms with Gasteiger partial charge in [-0.2, -0.15) is 0 Å². The number of rotatable bonds is 2. The SMILES string of the molecule is CC#CCC(=O)c1ccc(F)c(F)c1. The van der Waals surface area contributed by atoms with Gasteiger partial charge in [0.1, 0.15) is 0 Å². The van der Waals surface area contributed by atoms with Gasteiger partial charge >= 0.3 is 0 Å². The molecule has 1 nitrogen and oxygen atoms in total. The molecule has 0 fully saturated rings. The molecule has 0 atom stereocenters. The second-order valence-corrected chi connectivity index (χ2v) is 2.66. The molecule has 72 valence electrons. The second kappa shape index (κ2) is 4.52. The molecular weight excluding hydrogens is 186 g/mol. The minimum Gasteiger partial charge on any atom is -0.293 e. The predicted molar refractivity (Wildman–Crippen MR) is 48.8 cm³/mol. The van der Waals surface area contributed by atoms with Crippen LogP contribution in [0.4, 0.5) is 8.78 Å². The van der Waals surface area contributed by atoms with E-state index in [0.29, 0.717) is 0 Å². The van der Waals surface area contributed by atoms with Crippen molar-refractivity contribution in [3.63, 3.8) is 0 Å². The van der Waals surface area contributed by atoms with E-state index in [1.54, 1.807) is 6.92 Å². The lowest BCUT2D eigenvalue weighted by molar-refractivity contribution is 0.0997. The largest absolute Gasteiger partial charge is 0.293 e. The van der Waals surface area contributed by atoms with Crippen LogP contribution in [0.2, 0.25) is 0 Å². The maximum atomic E-state index is 12.7. The number of halogens is 2. The third-order valence-corrected chi connectivity index (χ3v) is 1.67. The molecule has 0 aliphatic carbocycles. The Labute approximate surface area is 80.7 Å². The Morgan fingerprint density at radius 1 is 1.36 bits per heavy atom. The van der Waals surface area contributed by atoms with Crippen LogP contribution < -0.4 is 0 Å². The van der Waals surface area contributed by atoms with Crippen molar-refractivity contribution >= 4 is 5.78 Å². The number of hydrogen-bond donors (Lipinski definition) is 0. The number of Topliss-reactive ketones (excluding diaryl/α,β-unsaturated/α-hetero) is 1. The van der Waals surface area contributed by atoms with Crippen LogP contribution in [0.15, 0.2) is 18.2 Å². The van der Waals surface area contributed by atoms with Gasteiger partial charge in [-0.3, -0.25) is 4.79 Å². The smallest absolute Gasteiger partial charge is 0.174 e. The van der Waals surface area contributed by atoms with E-state index in [4.69, 9.17) is 0 Å². The molecule has 0 saturated heterocycles. The third kappa shape index (κ3) is 2.40. The maximum Gasteiger partial charge on any atom is 0.174 e. The first-order chi connectivity index (χ1) is 6.65. The van der Waals surface area contributed by atoms with Crippen LogP contribution in [0, 0.1) is 23.5 Å². The molecule has 0 spiro atoms. The fourth-order valence-corrected chi connectivity index (χ4v) is 0.940. The van der Waals surface area contributed by atoms with Crippen molar-refractivity contribution in [3.8, 4) is 11.8 Å². The molecule has 0 N–H and O–H groups in total. The number of ketones is 1.